The van der Waals surface area contributed by atoms with Gasteiger partial charge in [0.15, 0.2) is 5.78 Å². The summed E-state index contributed by atoms with van der Waals surface area (Å²) in [5.41, 5.74) is 9.41. The van der Waals surface area contributed by atoms with Gasteiger partial charge in [0.1, 0.15) is 0 Å². The average molecular weight is 259 g/mol. The van der Waals surface area contributed by atoms with Crippen molar-refractivity contribution in [1.29, 1.82) is 0 Å². The topological polar surface area (TPSA) is 43.1 Å². The van der Waals surface area contributed by atoms with E-state index in [1.54, 1.807) is 0 Å². The Hall–Kier alpha value is -1.45. The van der Waals surface area contributed by atoms with Gasteiger partial charge >= 0.3 is 0 Å². The molecule has 0 amide bonds. The highest BCUT2D eigenvalue weighted by Gasteiger charge is 2.18. The number of ketones is 1. The van der Waals surface area contributed by atoms with Crippen molar-refractivity contribution in [3.63, 3.8) is 0 Å². The third-order valence-corrected chi connectivity index (χ3v) is 4.15. The molecule has 0 bridgehead atoms. The van der Waals surface area contributed by atoms with Gasteiger partial charge in [0.05, 0.1) is 6.04 Å². The van der Waals surface area contributed by atoms with E-state index in [1.165, 1.54) is 11.3 Å². The fourth-order valence-electron chi connectivity index (χ4n) is 2.04. The van der Waals surface area contributed by atoms with E-state index < -0.39 is 6.04 Å². The molecule has 0 aliphatic carbocycles. The quantitative estimate of drug-likeness (QED) is 0.916. The minimum absolute atomic E-state index is 0.0786. The molecular formula is C15H17NOS. The molecule has 1 aromatic heterocycles. The Balaban J connectivity index is 2.17. The van der Waals surface area contributed by atoms with Gasteiger partial charge in [0.25, 0.3) is 0 Å². The van der Waals surface area contributed by atoms with Crippen LogP contribution in [0.5, 0.6) is 0 Å². The Bertz CT molecular complexity index is 525. The van der Waals surface area contributed by atoms with Gasteiger partial charge in [-0.15, -0.1) is 11.3 Å². The molecule has 1 aromatic carbocycles. The molecule has 2 nitrogen and oxygen atoms in total. The third-order valence-electron chi connectivity index (χ3n) is 3.19. The summed E-state index contributed by atoms with van der Waals surface area (Å²) < 4.78 is 0. The van der Waals surface area contributed by atoms with Crippen molar-refractivity contribution in [2.45, 2.75) is 26.3 Å². The molecular weight excluding hydrogens is 242 g/mol. The molecule has 1 atom stereocenters. The van der Waals surface area contributed by atoms with Crippen LogP contribution in [0.3, 0.4) is 0 Å². The fraction of sp³-hybridized carbons (Fsp3) is 0.267. The van der Waals surface area contributed by atoms with Crippen LogP contribution in [0.25, 0.3) is 0 Å². The van der Waals surface area contributed by atoms with Crippen molar-refractivity contribution in [3.8, 4) is 0 Å². The molecule has 18 heavy (non-hydrogen) atoms. The van der Waals surface area contributed by atoms with Crippen molar-refractivity contribution in [1.82, 2.24) is 0 Å². The number of carbonyl (C=O) groups is 1. The second-order valence-electron chi connectivity index (χ2n) is 4.51. The maximum Gasteiger partial charge on any atom is 0.159 e. The Kier molecular flexibility index (Phi) is 3.94. The van der Waals surface area contributed by atoms with E-state index in [-0.39, 0.29) is 5.78 Å². The second-order valence-corrected chi connectivity index (χ2v) is 5.49. The zero-order valence-electron chi connectivity index (χ0n) is 10.6. The van der Waals surface area contributed by atoms with E-state index in [4.69, 9.17) is 5.73 Å². The predicted octanol–water partition coefficient (Wildman–Crippen LogP) is 3.18. The Morgan fingerprint density at radius 1 is 1.22 bits per heavy atom. The smallest absolute Gasteiger partial charge is 0.159 e. The zero-order chi connectivity index (χ0) is 13.1. The normalized spacial score (nSPS) is 12.4. The zero-order valence-corrected chi connectivity index (χ0v) is 11.5. The summed E-state index contributed by atoms with van der Waals surface area (Å²) in [7, 11) is 0. The van der Waals surface area contributed by atoms with Crippen LogP contribution in [-0.4, -0.2) is 5.78 Å². The first-order valence-electron chi connectivity index (χ1n) is 5.96. The highest BCUT2D eigenvalue weighted by molar-refractivity contribution is 7.10. The lowest BCUT2D eigenvalue weighted by atomic mass is 9.95. The fourth-order valence-corrected chi connectivity index (χ4v) is 2.79. The van der Waals surface area contributed by atoms with Gasteiger partial charge in [-0.25, -0.2) is 0 Å². The molecule has 1 unspecified atom stereocenters. The summed E-state index contributed by atoms with van der Waals surface area (Å²) in [4.78, 5) is 13.1. The Morgan fingerprint density at radius 3 is 2.44 bits per heavy atom. The number of rotatable bonds is 4. The molecule has 3 heteroatoms. The van der Waals surface area contributed by atoms with E-state index in [0.29, 0.717) is 6.42 Å². The first-order chi connectivity index (χ1) is 8.59. The van der Waals surface area contributed by atoms with Crippen LogP contribution in [0.4, 0.5) is 0 Å². The lowest BCUT2D eigenvalue weighted by Gasteiger charge is -2.12. The number of Topliss-reactive ketones (excluding diaryl/α,β-unsaturated/α-hetero) is 1. The van der Waals surface area contributed by atoms with Crippen LogP contribution >= 0.6 is 11.3 Å². The van der Waals surface area contributed by atoms with Crippen LogP contribution in [-0.2, 0) is 11.2 Å². The van der Waals surface area contributed by atoms with Gasteiger partial charge in [0, 0.05) is 11.3 Å². The maximum atomic E-state index is 12.2. The molecule has 2 rings (SSSR count). The van der Waals surface area contributed by atoms with Gasteiger partial charge in [-0.05, 0) is 42.0 Å². The van der Waals surface area contributed by atoms with Crippen LogP contribution in [0, 0.1) is 13.8 Å². The van der Waals surface area contributed by atoms with Crippen molar-refractivity contribution >= 4 is 17.1 Å². The van der Waals surface area contributed by atoms with Gasteiger partial charge in [-0.2, -0.15) is 0 Å². The number of hydrogen-bond donors (Lipinski definition) is 1. The molecule has 2 N–H and O–H groups in total. The molecule has 0 spiro atoms. The lowest BCUT2D eigenvalue weighted by molar-refractivity contribution is -0.119. The molecule has 2 aromatic rings. The highest BCUT2D eigenvalue weighted by Crippen LogP contribution is 2.21. The van der Waals surface area contributed by atoms with Gasteiger partial charge in [-0.3, -0.25) is 4.79 Å². The standard InChI is InChI=1S/C15H17NOS/c1-10-5-3-6-11(2)12(10)9-13(17)15(16)14-7-4-8-18-14/h3-8,15H,9,16H2,1-2H3. The summed E-state index contributed by atoms with van der Waals surface area (Å²) in [5, 5.41) is 1.95. The summed E-state index contributed by atoms with van der Waals surface area (Å²) in [6.07, 6.45) is 0.414. The highest BCUT2D eigenvalue weighted by atomic mass is 32.1. The van der Waals surface area contributed by atoms with Crippen molar-refractivity contribution in [2.24, 2.45) is 5.73 Å². The summed E-state index contributed by atoms with van der Waals surface area (Å²) in [5.74, 6) is 0.0786. The third kappa shape index (κ3) is 2.68. The van der Waals surface area contributed by atoms with Crippen molar-refractivity contribution < 1.29 is 4.79 Å². The van der Waals surface area contributed by atoms with Gasteiger partial charge in [-0.1, -0.05) is 24.3 Å². The largest absolute Gasteiger partial charge is 0.317 e. The molecule has 94 valence electrons. The van der Waals surface area contributed by atoms with E-state index in [9.17, 15) is 4.79 Å². The van der Waals surface area contributed by atoms with Gasteiger partial charge < -0.3 is 5.73 Å². The Labute approximate surface area is 111 Å². The number of benzene rings is 1. The van der Waals surface area contributed by atoms with Crippen molar-refractivity contribution in [3.05, 3.63) is 57.3 Å². The van der Waals surface area contributed by atoms with Gasteiger partial charge in [0.2, 0.25) is 0 Å². The first kappa shape index (κ1) is 13.0. The van der Waals surface area contributed by atoms with Crippen LogP contribution in [0.1, 0.15) is 27.6 Å². The average Bonchev–Trinajstić information content (AvgIpc) is 2.86. The van der Waals surface area contributed by atoms with Crippen molar-refractivity contribution in [2.75, 3.05) is 0 Å². The van der Waals surface area contributed by atoms with E-state index >= 15 is 0 Å². The molecule has 1 heterocycles. The monoisotopic (exact) mass is 259 g/mol. The van der Waals surface area contributed by atoms with Crippen LogP contribution < -0.4 is 5.73 Å². The molecule has 0 radical (unpaired) electrons. The number of carbonyl (C=O) groups excluding carboxylic acids is 1. The minimum atomic E-state index is -0.496. The first-order valence-corrected chi connectivity index (χ1v) is 6.84. The Morgan fingerprint density at radius 2 is 1.89 bits per heavy atom. The molecule has 0 saturated carbocycles. The summed E-state index contributed by atoms with van der Waals surface area (Å²) in [6, 6.07) is 9.42. The predicted molar refractivity (Wildman–Crippen MR) is 75.9 cm³/mol. The van der Waals surface area contributed by atoms with E-state index in [0.717, 1.165) is 21.6 Å². The van der Waals surface area contributed by atoms with E-state index in [1.807, 2.05) is 49.6 Å². The maximum absolute atomic E-state index is 12.2. The number of aryl methyl sites for hydroxylation is 2. The molecule has 0 fully saturated rings. The molecule has 0 aliphatic rings. The number of hydrogen-bond acceptors (Lipinski definition) is 3. The number of nitrogens with two attached hydrogens (primary N) is 1. The minimum Gasteiger partial charge on any atom is -0.317 e. The van der Waals surface area contributed by atoms with Crippen LogP contribution in [0.2, 0.25) is 0 Å². The summed E-state index contributed by atoms with van der Waals surface area (Å²) >= 11 is 1.53. The second kappa shape index (κ2) is 5.46. The lowest BCUT2D eigenvalue weighted by Crippen LogP contribution is -2.22. The SMILES string of the molecule is Cc1cccc(C)c1CC(=O)C(N)c1cccs1. The molecule has 0 aliphatic heterocycles. The number of thiophene rings is 1. The summed E-state index contributed by atoms with van der Waals surface area (Å²) in [6.45, 7) is 4.07. The van der Waals surface area contributed by atoms with Crippen LogP contribution in [0.15, 0.2) is 35.7 Å². The van der Waals surface area contributed by atoms with E-state index in [2.05, 4.69) is 0 Å². The molecule has 0 saturated heterocycles.